The molecule has 1 nitrogen and oxygen atoms in total. The van der Waals surface area contributed by atoms with Crippen molar-refractivity contribution in [3.63, 3.8) is 0 Å². The van der Waals surface area contributed by atoms with Gasteiger partial charge in [-0.2, -0.15) is 0 Å². The predicted octanol–water partition coefficient (Wildman–Crippen LogP) is 4.11. The molecule has 1 aliphatic heterocycles. The first-order valence-corrected chi connectivity index (χ1v) is 6.57. The smallest absolute Gasteiger partial charge is 0.142 e. The zero-order valence-corrected chi connectivity index (χ0v) is 10.5. The van der Waals surface area contributed by atoms with Crippen LogP contribution in [0.3, 0.4) is 0 Å². The molecular formula is C18H14O. The van der Waals surface area contributed by atoms with Gasteiger partial charge in [-0.3, -0.25) is 0 Å². The summed E-state index contributed by atoms with van der Waals surface area (Å²) in [7, 11) is 0. The molecule has 0 saturated carbocycles. The standard InChI is InChI=1S/C18H14O/c1-2-8-16(9-3-1)18(13-19-18)17-11-10-14-6-4-5-7-15(14)12-17/h1-12H,13H2/t18-/m1/s1. The summed E-state index contributed by atoms with van der Waals surface area (Å²) in [5, 5.41) is 2.54. The zero-order valence-electron chi connectivity index (χ0n) is 10.5. The first-order valence-electron chi connectivity index (χ1n) is 6.57. The molecule has 0 unspecified atom stereocenters. The van der Waals surface area contributed by atoms with E-state index in [9.17, 15) is 0 Å². The maximum Gasteiger partial charge on any atom is 0.142 e. The van der Waals surface area contributed by atoms with Crippen LogP contribution in [0, 0.1) is 0 Å². The van der Waals surface area contributed by atoms with E-state index in [0.29, 0.717) is 0 Å². The van der Waals surface area contributed by atoms with Crippen LogP contribution in [0.5, 0.6) is 0 Å². The molecule has 0 N–H and O–H groups in total. The second-order valence-electron chi connectivity index (χ2n) is 5.04. The molecule has 1 heteroatoms. The lowest BCUT2D eigenvalue weighted by molar-refractivity contribution is 0.349. The molecule has 1 aliphatic rings. The molecule has 0 aromatic heterocycles. The van der Waals surface area contributed by atoms with E-state index in [1.165, 1.54) is 21.9 Å². The monoisotopic (exact) mass is 246 g/mol. The van der Waals surface area contributed by atoms with Crippen LogP contribution in [0.25, 0.3) is 10.8 Å². The van der Waals surface area contributed by atoms with Gasteiger partial charge in [-0.05, 0) is 28.0 Å². The van der Waals surface area contributed by atoms with Crippen LogP contribution in [-0.2, 0) is 10.3 Å². The molecule has 19 heavy (non-hydrogen) atoms. The summed E-state index contributed by atoms with van der Waals surface area (Å²) in [6, 6.07) is 25.5. The normalized spacial score (nSPS) is 21.5. The van der Waals surface area contributed by atoms with Gasteiger partial charge in [-0.25, -0.2) is 0 Å². The Morgan fingerprint density at radius 2 is 1.37 bits per heavy atom. The lowest BCUT2D eigenvalue weighted by Crippen LogP contribution is -2.10. The predicted molar refractivity (Wildman–Crippen MR) is 77.1 cm³/mol. The van der Waals surface area contributed by atoms with E-state index in [-0.39, 0.29) is 5.60 Å². The Hall–Kier alpha value is -2.12. The highest BCUT2D eigenvalue weighted by Gasteiger charge is 2.48. The third-order valence-corrected chi connectivity index (χ3v) is 3.89. The van der Waals surface area contributed by atoms with Gasteiger partial charge in [0.05, 0.1) is 6.61 Å². The summed E-state index contributed by atoms with van der Waals surface area (Å²) in [4.78, 5) is 0. The number of rotatable bonds is 2. The summed E-state index contributed by atoms with van der Waals surface area (Å²) < 4.78 is 5.82. The summed E-state index contributed by atoms with van der Waals surface area (Å²) in [5.41, 5.74) is 2.27. The van der Waals surface area contributed by atoms with Crippen LogP contribution in [0.4, 0.5) is 0 Å². The van der Waals surface area contributed by atoms with Crippen molar-refractivity contribution in [2.75, 3.05) is 6.61 Å². The van der Waals surface area contributed by atoms with Gasteiger partial charge in [0, 0.05) is 0 Å². The van der Waals surface area contributed by atoms with Gasteiger partial charge in [0.1, 0.15) is 5.60 Å². The summed E-state index contributed by atoms with van der Waals surface area (Å²) in [6.07, 6.45) is 0. The summed E-state index contributed by atoms with van der Waals surface area (Å²) in [5.74, 6) is 0. The molecule has 0 bridgehead atoms. The molecule has 92 valence electrons. The largest absolute Gasteiger partial charge is 0.359 e. The minimum Gasteiger partial charge on any atom is -0.359 e. The Labute approximate surface area is 112 Å². The first kappa shape index (κ1) is 10.8. The average molecular weight is 246 g/mol. The zero-order chi connectivity index (χ0) is 12.7. The molecule has 1 heterocycles. The average Bonchev–Trinajstić information content (AvgIpc) is 3.29. The number of epoxide rings is 1. The summed E-state index contributed by atoms with van der Waals surface area (Å²) >= 11 is 0. The van der Waals surface area contributed by atoms with E-state index in [2.05, 4.69) is 66.7 Å². The molecule has 1 saturated heterocycles. The van der Waals surface area contributed by atoms with E-state index < -0.39 is 0 Å². The maximum atomic E-state index is 5.82. The van der Waals surface area contributed by atoms with Crippen LogP contribution in [0.15, 0.2) is 72.8 Å². The van der Waals surface area contributed by atoms with E-state index >= 15 is 0 Å². The third kappa shape index (κ3) is 1.66. The van der Waals surface area contributed by atoms with Gasteiger partial charge in [-0.1, -0.05) is 66.7 Å². The van der Waals surface area contributed by atoms with E-state index in [4.69, 9.17) is 4.74 Å². The van der Waals surface area contributed by atoms with E-state index in [0.717, 1.165) is 6.61 Å². The van der Waals surface area contributed by atoms with Gasteiger partial charge in [0.25, 0.3) is 0 Å². The van der Waals surface area contributed by atoms with Crippen LogP contribution >= 0.6 is 0 Å². The molecule has 0 amide bonds. The lowest BCUT2D eigenvalue weighted by atomic mass is 9.90. The summed E-state index contributed by atoms with van der Waals surface area (Å²) in [6.45, 7) is 0.773. The number of hydrogen-bond donors (Lipinski definition) is 0. The van der Waals surface area contributed by atoms with Crippen molar-refractivity contribution in [3.05, 3.63) is 83.9 Å². The highest BCUT2D eigenvalue weighted by molar-refractivity contribution is 5.83. The Bertz CT molecular complexity index is 727. The maximum absolute atomic E-state index is 5.82. The number of fused-ring (bicyclic) bond motifs is 1. The van der Waals surface area contributed by atoms with Crippen molar-refractivity contribution >= 4 is 10.8 Å². The van der Waals surface area contributed by atoms with Gasteiger partial charge in [0.15, 0.2) is 0 Å². The SMILES string of the molecule is c1ccc([C@@]2(c3ccc4ccccc4c3)CO2)cc1. The highest BCUT2D eigenvalue weighted by Crippen LogP contribution is 2.45. The Kier molecular flexibility index (Phi) is 2.23. The second kappa shape index (κ2) is 3.94. The van der Waals surface area contributed by atoms with Gasteiger partial charge in [0.2, 0.25) is 0 Å². The molecule has 1 atom stereocenters. The fourth-order valence-electron chi connectivity index (χ4n) is 2.72. The number of benzene rings is 3. The Balaban J connectivity index is 1.86. The van der Waals surface area contributed by atoms with E-state index in [1.807, 2.05) is 6.07 Å². The van der Waals surface area contributed by atoms with Gasteiger partial charge < -0.3 is 4.74 Å². The highest BCUT2D eigenvalue weighted by atomic mass is 16.6. The molecule has 0 spiro atoms. The Morgan fingerprint density at radius 1 is 0.684 bits per heavy atom. The second-order valence-corrected chi connectivity index (χ2v) is 5.04. The fraction of sp³-hybridized carbons (Fsp3) is 0.111. The lowest BCUT2D eigenvalue weighted by Gasteiger charge is -2.13. The van der Waals surface area contributed by atoms with E-state index in [1.54, 1.807) is 0 Å². The van der Waals surface area contributed by atoms with Crippen LogP contribution in [-0.4, -0.2) is 6.61 Å². The van der Waals surface area contributed by atoms with Gasteiger partial charge in [-0.15, -0.1) is 0 Å². The molecule has 3 aromatic rings. The molecule has 1 fully saturated rings. The first-order chi connectivity index (χ1) is 9.38. The number of ether oxygens (including phenoxy) is 1. The molecule has 0 radical (unpaired) electrons. The van der Waals surface area contributed by atoms with Crippen LogP contribution in [0.1, 0.15) is 11.1 Å². The topological polar surface area (TPSA) is 12.5 Å². The van der Waals surface area contributed by atoms with Crippen molar-refractivity contribution in [1.29, 1.82) is 0 Å². The minimum absolute atomic E-state index is 0.217. The van der Waals surface area contributed by atoms with Crippen LogP contribution in [0.2, 0.25) is 0 Å². The molecular weight excluding hydrogens is 232 g/mol. The molecule has 0 aliphatic carbocycles. The van der Waals surface area contributed by atoms with Crippen LogP contribution < -0.4 is 0 Å². The molecule has 3 aromatic carbocycles. The fourth-order valence-corrected chi connectivity index (χ4v) is 2.72. The van der Waals surface area contributed by atoms with Crippen molar-refractivity contribution in [3.8, 4) is 0 Å². The van der Waals surface area contributed by atoms with Crippen molar-refractivity contribution in [2.24, 2.45) is 0 Å². The van der Waals surface area contributed by atoms with Crippen molar-refractivity contribution in [2.45, 2.75) is 5.60 Å². The number of hydrogen-bond acceptors (Lipinski definition) is 1. The van der Waals surface area contributed by atoms with Crippen molar-refractivity contribution in [1.82, 2.24) is 0 Å². The van der Waals surface area contributed by atoms with Gasteiger partial charge >= 0.3 is 0 Å². The third-order valence-electron chi connectivity index (χ3n) is 3.89. The molecule has 4 rings (SSSR count). The van der Waals surface area contributed by atoms with Crippen molar-refractivity contribution < 1.29 is 4.74 Å². The Morgan fingerprint density at radius 3 is 2.11 bits per heavy atom. The quantitative estimate of drug-likeness (QED) is 0.620. The minimum atomic E-state index is -0.217.